The van der Waals surface area contributed by atoms with Crippen LogP contribution in [0.2, 0.25) is 0 Å². The Hall–Kier alpha value is 0.0500. The van der Waals surface area contributed by atoms with Gasteiger partial charge in [0.1, 0.15) is 0 Å². The van der Waals surface area contributed by atoms with Crippen molar-refractivity contribution in [3.8, 4) is 0 Å². The van der Waals surface area contributed by atoms with Crippen LogP contribution in [0.5, 0.6) is 0 Å². The molecule has 0 heterocycles. The molecular formula is C16H32OS. The van der Waals surface area contributed by atoms with Crippen molar-refractivity contribution in [3.63, 3.8) is 0 Å². The first-order valence-electron chi connectivity index (χ1n) is 7.53. The molecule has 1 aliphatic rings. The van der Waals surface area contributed by atoms with Crippen LogP contribution in [0.1, 0.15) is 58.3 Å². The van der Waals surface area contributed by atoms with Gasteiger partial charge >= 0.3 is 0 Å². The highest BCUT2D eigenvalue weighted by Gasteiger charge is 2.26. The fraction of sp³-hybridized carbons (Fsp3) is 0.875. The second-order valence-electron chi connectivity index (χ2n) is 6.27. The second kappa shape index (κ2) is 8.27. The van der Waals surface area contributed by atoms with Gasteiger partial charge in [0.25, 0.3) is 0 Å². The molecule has 0 amide bonds. The largest absolute Gasteiger partial charge is 0.334 e. The van der Waals surface area contributed by atoms with E-state index in [0.717, 1.165) is 5.92 Å². The summed E-state index contributed by atoms with van der Waals surface area (Å²) in [6, 6.07) is 0. The van der Waals surface area contributed by atoms with Crippen LogP contribution in [0.15, 0.2) is 12.7 Å². The highest BCUT2D eigenvalue weighted by molar-refractivity contribution is 8.28. The molecule has 0 aromatic heterocycles. The zero-order valence-electron chi connectivity index (χ0n) is 12.6. The van der Waals surface area contributed by atoms with Gasteiger partial charge in [-0.1, -0.05) is 25.8 Å². The van der Waals surface area contributed by atoms with E-state index < -0.39 is 10.3 Å². The molecule has 0 N–H and O–H groups in total. The van der Waals surface area contributed by atoms with E-state index in [4.69, 9.17) is 4.18 Å². The van der Waals surface area contributed by atoms with E-state index in [2.05, 4.69) is 26.0 Å². The topological polar surface area (TPSA) is 9.23 Å². The predicted octanol–water partition coefficient (Wildman–Crippen LogP) is 5.31. The first-order chi connectivity index (χ1) is 8.53. The Labute approximate surface area is 116 Å². The Morgan fingerprint density at radius 1 is 1.17 bits per heavy atom. The lowest BCUT2D eigenvalue weighted by Gasteiger charge is -2.34. The maximum absolute atomic E-state index is 6.36. The maximum Gasteiger partial charge on any atom is 0.0703 e. The molecule has 0 saturated heterocycles. The van der Waals surface area contributed by atoms with E-state index in [9.17, 15) is 0 Å². The minimum Gasteiger partial charge on any atom is -0.334 e. The first kappa shape index (κ1) is 16.1. The highest BCUT2D eigenvalue weighted by Crippen LogP contribution is 2.46. The van der Waals surface area contributed by atoms with E-state index in [1.165, 1.54) is 57.1 Å². The van der Waals surface area contributed by atoms with Crippen LogP contribution < -0.4 is 0 Å². The molecular weight excluding hydrogens is 240 g/mol. The van der Waals surface area contributed by atoms with E-state index in [-0.39, 0.29) is 0 Å². The van der Waals surface area contributed by atoms with Crippen molar-refractivity contribution in [2.24, 2.45) is 5.92 Å². The normalized spacial score (nSPS) is 25.3. The van der Waals surface area contributed by atoms with Crippen molar-refractivity contribution in [1.29, 1.82) is 0 Å². The quantitative estimate of drug-likeness (QED) is 0.408. The van der Waals surface area contributed by atoms with Crippen LogP contribution in [0.4, 0.5) is 0 Å². The summed E-state index contributed by atoms with van der Waals surface area (Å²) in [5, 5.41) is 0. The SMILES string of the molecule is C=CCCCCCCS(C)(C)OC1CCC(C)C1. The molecule has 2 atom stereocenters. The Kier molecular flexibility index (Phi) is 7.40. The Bertz CT molecular complexity index is 237. The van der Waals surface area contributed by atoms with Gasteiger partial charge in [0, 0.05) is 0 Å². The number of hydrogen-bond acceptors (Lipinski definition) is 1. The van der Waals surface area contributed by atoms with Crippen LogP contribution in [0.3, 0.4) is 0 Å². The first-order valence-corrected chi connectivity index (χ1v) is 10.1. The fourth-order valence-electron chi connectivity index (χ4n) is 2.75. The van der Waals surface area contributed by atoms with Gasteiger partial charge in [0.05, 0.1) is 6.10 Å². The summed E-state index contributed by atoms with van der Waals surface area (Å²) in [6.07, 6.45) is 17.7. The minimum absolute atomic E-state index is 0.561. The molecule has 1 saturated carbocycles. The van der Waals surface area contributed by atoms with Gasteiger partial charge in [-0.25, -0.2) is 0 Å². The third kappa shape index (κ3) is 6.84. The molecule has 0 bridgehead atoms. The molecule has 18 heavy (non-hydrogen) atoms. The third-order valence-electron chi connectivity index (χ3n) is 3.84. The Morgan fingerprint density at radius 3 is 2.50 bits per heavy atom. The summed E-state index contributed by atoms with van der Waals surface area (Å²) in [5.41, 5.74) is 0. The number of hydrogen-bond donors (Lipinski definition) is 0. The Balaban J connectivity index is 2.09. The minimum atomic E-state index is -0.801. The maximum atomic E-state index is 6.36. The average molecular weight is 272 g/mol. The molecule has 108 valence electrons. The van der Waals surface area contributed by atoms with Crippen molar-refractivity contribution < 1.29 is 4.18 Å². The molecule has 0 radical (unpaired) electrons. The van der Waals surface area contributed by atoms with Crippen LogP contribution in [0, 0.1) is 5.92 Å². The third-order valence-corrected chi connectivity index (χ3v) is 5.90. The fourth-order valence-corrected chi connectivity index (χ4v) is 4.66. The van der Waals surface area contributed by atoms with Gasteiger partial charge in [-0.15, -0.1) is 16.9 Å². The van der Waals surface area contributed by atoms with Gasteiger partial charge in [-0.2, -0.15) is 0 Å². The smallest absolute Gasteiger partial charge is 0.0703 e. The zero-order valence-corrected chi connectivity index (χ0v) is 13.4. The van der Waals surface area contributed by atoms with Crippen molar-refractivity contribution in [3.05, 3.63) is 12.7 Å². The van der Waals surface area contributed by atoms with Crippen LogP contribution in [0.25, 0.3) is 0 Å². The lowest BCUT2D eigenvalue weighted by Crippen LogP contribution is -2.14. The molecule has 1 fully saturated rings. The monoisotopic (exact) mass is 272 g/mol. The van der Waals surface area contributed by atoms with Gasteiger partial charge in [0.15, 0.2) is 0 Å². The molecule has 1 nitrogen and oxygen atoms in total. The van der Waals surface area contributed by atoms with E-state index in [1.807, 2.05) is 6.08 Å². The number of rotatable bonds is 9. The lowest BCUT2D eigenvalue weighted by molar-refractivity contribution is 0.235. The summed E-state index contributed by atoms with van der Waals surface area (Å²) >= 11 is 0. The van der Waals surface area contributed by atoms with Crippen molar-refractivity contribution in [2.45, 2.75) is 64.4 Å². The number of allylic oxidation sites excluding steroid dienone is 1. The lowest BCUT2D eigenvalue weighted by atomic mass is 10.1. The van der Waals surface area contributed by atoms with Gasteiger partial charge < -0.3 is 4.18 Å². The molecule has 0 aromatic carbocycles. The summed E-state index contributed by atoms with van der Waals surface area (Å²) in [6.45, 7) is 6.12. The standard InChI is InChI=1S/C16H32OS/c1-5-6-7-8-9-10-13-18(3,4)17-16-12-11-15(2)14-16/h5,15-16H,1,6-14H2,2-4H3. The average Bonchev–Trinajstić information content (AvgIpc) is 2.68. The molecule has 0 aromatic rings. The van der Waals surface area contributed by atoms with Gasteiger partial charge in [0.2, 0.25) is 0 Å². The molecule has 2 unspecified atom stereocenters. The summed E-state index contributed by atoms with van der Waals surface area (Å²) in [7, 11) is -0.801. The van der Waals surface area contributed by atoms with Crippen LogP contribution in [-0.4, -0.2) is 24.4 Å². The second-order valence-corrected chi connectivity index (χ2v) is 9.74. The molecule has 0 spiro atoms. The van der Waals surface area contributed by atoms with E-state index in [1.54, 1.807) is 0 Å². The highest BCUT2D eigenvalue weighted by atomic mass is 32.3. The van der Waals surface area contributed by atoms with Crippen molar-refractivity contribution >= 4 is 10.3 Å². The molecule has 0 aliphatic heterocycles. The molecule has 1 aliphatic carbocycles. The van der Waals surface area contributed by atoms with Crippen molar-refractivity contribution in [1.82, 2.24) is 0 Å². The van der Waals surface area contributed by atoms with Crippen LogP contribution in [-0.2, 0) is 4.18 Å². The summed E-state index contributed by atoms with van der Waals surface area (Å²) < 4.78 is 6.36. The van der Waals surface area contributed by atoms with Gasteiger partial charge in [-0.05, 0) is 62.7 Å². The predicted molar refractivity (Wildman–Crippen MR) is 85.5 cm³/mol. The summed E-state index contributed by atoms with van der Waals surface area (Å²) in [5.74, 6) is 2.16. The molecule has 1 rings (SSSR count). The number of unbranched alkanes of at least 4 members (excludes halogenated alkanes) is 4. The Morgan fingerprint density at radius 2 is 1.89 bits per heavy atom. The summed E-state index contributed by atoms with van der Waals surface area (Å²) in [4.78, 5) is 0. The van der Waals surface area contributed by atoms with Crippen molar-refractivity contribution in [2.75, 3.05) is 18.3 Å². The zero-order chi connectivity index (χ0) is 13.4. The van der Waals surface area contributed by atoms with E-state index in [0.29, 0.717) is 6.10 Å². The van der Waals surface area contributed by atoms with Gasteiger partial charge in [-0.3, -0.25) is 0 Å². The van der Waals surface area contributed by atoms with Crippen LogP contribution >= 0.6 is 10.3 Å². The molecule has 2 heteroatoms. The van der Waals surface area contributed by atoms with E-state index >= 15 is 0 Å².